The van der Waals surface area contributed by atoms with Crippen molar-refractivity contribution in [1.29, 1.82) is 0 Å². The maximum Gasteiger partial charge on any atom is 0.243 e. The van der Waals surface area contributed by atoms with E-state index in [1.807, 2.05) is 63.2 Å². The predicted octanol–water partition coefficient (Wildman–Crippen LogP) is 2.77. The Morgan fingerprint density at radius 1 is 0.938 bits per heavy atom. The van der Waals surface area contributed by atoms with Crippen LogP contribution in [-0.4, -0.2) is 61.3 Å². The molecular weight excluding hydrogens is 404 g/mol. The predicted molar refractivity (Wildman–Crippen MR) is 127 cm³/mol. The molecule has 170 valence electrons. The third-order valence-electron chi connectivity index (χ3n) is 6.05. The molecule has 1 fully saturated rings. The van der Waals surface area contributed by atoms with Gasteiger partial charge in [-0.2, -0.15) is 0 Å². The first kappa shape index (κ1) is 23.5. The lowest BCUT2D eigenvalue weighted by Gasteiger charge is -2.38. The molecule has 0 radical (unpaired) electrons. The molecule has 3 rings (SSSR count). The molecule has 0 saturated carbocycles. The molecule has 0 spiro atoms. The number of carbonyl (C=O) groups is 3. The van der Waals surface area contributed by atoms with Crippen LogP contribution in [0.5, 0.6) is 0 Å². The number of hydrogen-bond acceptors (Lipinski definition) is 5. The largest absolute Gasteiger partial charge is 0.369 e. The summed E-state index contributed by atoms with van der Waals surface area (Å²) in [6.07, 6.45) is 0. The second kappa shape index (κ2) is 10.4. The molecule has 0 aromatic heterocycles. The highest BCUT2D eigenvalue weighted by atomic mass is 16.2. The minimum absolute atomic E-state index is 0.0561. The van der Waals surface area contributed by atoms with Crippen molar-refractivity contribution in [2.45, 2.75) is 33.7 Å². The second-order valence-corrected chi connectivity index (χ2v) is 8.33. The van der Waals surface area contributed by atoms with Gasteiger partial charge in [-0.25, -0.2) is 0 Å². The van der Waals surface area contributed by atoms with E-state index in [4.69, 9.17) is 0 Å². The standard InChI is InChI=1S/C25H32N4O3/c1-17-6-5-7-18(2)24(17)27-23(31)16-26-25(32)19(3)28-12-14-29(15-13-28)22-10-8-21(9-11-22)20(4)30/h5-11,19H,12-16H2,1-4H3,(H,26,32)(H,27,31). The molecule has 1 atom stereocenters. The van der Waals surface area contributed by atoms with Gasteiger partial charge in [0.15, 0.2) is 5.78 Å². The Labute approximate surface area is 189 Å². The van der Waals surface area contributed by atoms with Gasteiger partial charge in [0.05, 0.1) is 12.6 Å². The zero-order valence-corrected chi connectivity index (χ0v) is 19.3. The zero-order valence-electron chi connectivity index (χ0n) is 19.3. The summed E-state index contributed by atoms with van der Waals surface area (Å²) in [5.41, 5.74) is 4.57. The average Bonchev–Trinajstić information content (AvgIpc) is 2.79. The average molecular weight is 437 g/mol. The number of nitrogens with one attached hydrogen (secondary N) is 2. The van der Waals surface area contributed by atoms with Crippen LogP contribution >= 0.6 is 0 Å². The number of Topliss-reactive ketones (excluding diaryl/α,β-unsaturated/α-hetero) is 1. The van der Waals surface area contributed by atoms with Crippen LogP contribution in [-0.2, 0) is 9.59 Å². The number of anilines is 2. The quantitative estimate of drug-likeness (QED) is 0.653. The van der Waals surface area contributed by atoms with Crippen molar-refractivity contribution in [1.82, 2.24) is 10.2 Å². The number of aryl methyl sites for hydroxylation is 2. The van der Waals surface area contributed by atoms with Crippen LogP contribution in [0, 0.1) is 13.8 Å². The summed E-state index contributed by atoms with van der Waals surface area (Å²) in [6.45, 7) is 10.4. The van der Waals surface area contributed by atoms with Crippen molar-refractivity contribution in [3.8, 4) is 0 Å². The molecule has 1 heterocycles. The van der Waals surface area contributed by atoms with Gasteiger partial charge in [-0.05, 0) is 63.1 Å². The van der Waals surface area contributed by atoms with E-state index in [-0.39, 0.29) is 30.2 Å². The summed E-state index contributed by atoms with van der Waals surface area (Å²) in [5.74, 6) is -0.327. The summed E-state index contributed by atoms with van der Waals surface area (Å²) in [7, 11) is 0. The fourth-order valence-corrected chi connectivity index (χ4v) is 3.95. The summed E-state index contributed by atoms with van der Waals surface area (Å²) < 4.78 is 0. The molecule has 2 N–H and O–H groups in total. The summed E-state index contributed by atoms with van der Waals surface area (Å²) in [4.78, 5) is 40.8. The summed E-state index contributed by atoms with van der Waals surface area (Å²) in [6, 6.07) is 13.2. The Hall–Kier alpha value is -3.19. The molecule has 7 heteroatoms. The van der Waals surface area contributed by atoms with E-state index < -0.39 is 0 Å². The minimum Gasteiger partial charge on any atom is -0.369 e. The van der Waals surface area contributed by atoms with E-state index in [9.17, 15) is 14.4 Å². The SMILES string of the molecule is CC(=O)c1ccc(N2CCN(C(C)C(=O)NCC(=O)Nc3c(C)cccc3C)CC2)cc1. The lowest BCUT2D eigenvalue weighted by atomic mass is 10.1. The molecule has 2 aromatic rings. The highest BCUT2D eigenvalue weighted by molar-refractivity contribution is 5.96. The van der Waals surface area contributed by atoms with Gasteiger partial charge in [-0.1, -0.05) is 18.2 Å². The smallest absolute Gasteiger partial charge is 0.243 e. The normalized spacial score (nSPS) is 15.2. The maximum atomic E-state index is 12.6. The number of para-hydroxylation sites is 1. The van der Waals surface area contributed by atoms with Crippen LogP contribution < -0.4 is 15.5 Å². The van der Waals surface area contributed by atoms with Crippen LogP contribution in [0.2, 0.25) is 0 Å². The van der Waals surface area contributed by atoms with Crippen LogP contribution in [0.4, 0.5) is 11.4 Å². The highest BCUT2D eigenvalue weighted by Gasteiger charge is 2.26. The lowest BCUT2D eigenvalue weighted by molar-refractivity contribution is -0.128. The van der Waals surface area contributed by atoms with Gasteiger partial charge in [-0.15, -0.1) is 0 Å². The Kier molecular flexibility index (Phi) is 7.64. The van der Waals surface area contributed by atoms with E-state index in [0.29, 0.717) is 5.56 Å². The van der Waals surface area contributed by atoms with E-state index in [1.165, 1.54) is 0 Å². The zero-order chi connectivity index (χ0) is 23.3. The summed E-state index contributed by atoms with van der Waals surface area (Å²) in [5, 5.41) is 5.65. The van der Waals surface area contributed by atoms with Crippen LogP contribution in [0.3, 0.4) is 0 Å². The van der Waals surface area contributed by atoms with Gasteiger partial charge in [0.1, 0.15) is 0 Å². The first-order chi connectivity index (χ1) is 15.3. The Morgan fingerprint density at radius 2 is 1.53 bits per heavy atom. The molecule has 1 aliphatic heterocycles. The molecule has 2 aromatic carbocycles. The third kappa shape index (κ3) is 5.73. The Morgan fingerprint density at radius 3 is 2.09 bits per heavy atom. The Bertz CT molecular complexity index is 959. The van der Waals surface area contributed by atoms with Gasteiger partial charge in [-0.3, -0.25) is 19.3 Å². The number of amides is 2. The molecule has 1 saturated heterocycles. The van der Waals surface area contributed by atoms with E-state index >= 15 is 0 Å². The molecule has 7 nitrogen and oxygen atoms in total. The van der Waals surface area contributed by atoms with Gasteiger partial charge >= 0.3 is 0 Å². The topological polar surface area (TPSA) is 81.8 Å². The van der Waals surface area contributed by atoms with Gasteiger partial charge in [0.2, 0.25) is 11.8 Å². The fraction of sp³-hybridized carbons (Fsp3) is 0.400. The second-order valence-electron chi connectivity index (χ2n) is 8.33. The molecule has 1 unspecified atom stereocenters. The lowest BCUT2D eigenvalue weighted by Crippen LogP contribution is -2.54. The number of carbonyl (C=O) groups excluding carboxylic acids is 3. The molecule has 0 bridgehead atoms. The van der Waals surface area contributed by atoms with Crippen LogP contribution in [0.1, 0.15) is 35.3 Å². The third-order valence-corrected chi connectivity index (χ3v) is 6.05. The number of nitrogens with zero attached hydrogens (tertiary/aromatic N) is 2. The highest BCUT2D eigenvalue weighted by Crippen LogP contribution is 2.20. The van der Waals surface area contributed by atoms with Crippen molar-refractivity contribution in [3.63, 3.8) is 0 Å². The monoisotopic (exact) mass is 436 g/mol. The molecule has 32 heavy (non-hydrogen) atoms. The molecule has 1 aliphatic rings. The number of rotatable bonds is 7. The van der Waals surface area contributed by atoms with Crippen molar-refractivity contribution in [2.24, 2.45) is 0 Å². The van der Waals surface area contributed by atoms with E-state index in [1.54, 1.807) is 6.92 Å². The number of benzene rings is 2. The number of hydrogen-bond donors (Lipinski definition) is 2. The molecule has 2 amide bonds. The first-order valence-corrected chi connectivity index (χ1v) is 11.0. The van der Waals surface area contributed by atoms with Crippen molar-refractivity contribution in [2.75, 3.05) is 42.9 Å². The van der Waals surface area contributed by atoms with E-state index in [0.717, 1.165) is 48.7 Å². The first-order valence-electron chi connectivity index (χ1n) is 11.0. The molecule has 0 aliphatic carbocycles. The number of piperazine rings is 1. The maximum absolute atomic E-state index is 12.6. The number of ketones is 1. The fourth-order valence-electron chi connectivity index (χ4n) is 3.95. The Balaban J connectivity index is 1.46. The van der Waals surface area contributed by atoms with Crippen molar-refractivity contribution in [3.05, 3.63) is 59.2 Å². The minimum atomic E-state index is -0.315. The van der Waals surface area contributed by atoms with E-state index in [2.05, 4.69) is 20.4 Å². The molecular formula is C25H32N4O3. The van der Waals surface area contributed by atoms with Crippen LogP contribution in [0.25, 0.3) is 0 Å². The summed E-state index contributed by atoms with van der Waals surface area (Å²) >= 11 is 0. The van der Waals surface area contributed by atoms with Gasteiger partial charge in [0, 0.05) is 43.1 Å². The van der Waals surface area contributed by atoms with Crippen LogP contribution in [0.15, 0.2) is 42.5 Å². The van der Waals surface area contributed by atoms with Gasteiger partial charge < -0.3 is 15.5 Å². The van der Waals surface area contributed by atoms with Crippen molar-refractivity contribution < 1.29 is 14.4 Å². The van der Waals surface area contributed by atoms with Crippen molar-refractivity contribution >= 4 is 29.0 Å². The van der Waals surface area contributed by atoms with Gasteiger partial charge in [0.25, 0.3) is 0 Å².